The van der Waals surface area contributed by atoms with Gasteiger partial charge in [-0.3, -0.25) is 4.79 Å². The zero-order valence-corrected chi connectivity index (χ0v) is 9.44. The van der Waals surface area contributed by atoms with Gasteiger partial charge in [-0.2, -0.15) is 0 Å². The second kappa shape index (κ2) is 5.90. The smallest absolute Gasteiger partial charge is 0.327 e. The molecule has 0 aliphatic heterocycles. The van der Waals surface area contributed by atoms with E-state index in [1.54, 1.807) is 0 Å². The summed E-state index contributed by atoms with van der Waals surface area (Å²) in [6.07, 6.45) is 0. The Balaban J connectivity index is 0.00000196. The SMILES string of the molecule is COC(=O)[C@@H](N)c1cc(F)ccc1Cl.Cl. The van der Waals surface area contributed by atoms with Crippen molar-refractivity contribution in [3.63, 3.8) is 0 Å². The van der Waals surface area contributed by atoms with Crippen molar-refractivity contribution in [2.75, 3.05) is 7.11 Å². The van der Waals surface area contributed by atoms with Crippen molar-refractivity contribution in [3.05, 3.63) is 34.6 Å². The zero-order chi connectivity index (χ0) is 10.7. The van der Waals surface area contributed by atoms with Crippen molar-refractivity contribution in [2.24, 2.45) is 5.73 Å². The van der Waals surface area contributed by atoms with Gasteiger partial charge in [-0.25, -0.2) is 4.39 Å². The number of ether oxygens (including phenoxy) is 1. The van der Waals surface area contributed by atoms with Crippen molar-refractivity contribution in [2.45, 2.75) is 6.04 Å². The summed E-state index contributed by atoms with van der Waals surface area (Å²) >= 11 is 5.74. The van der Waals surface area contributed by atoms with Crippen LogP contribution in [0.1, 0.15) is 11.6 Å². The lowest BCUT2D eigenvalue weighted by Crippen LogP contribution is -2.23. The van der Waals surface area contributed by atoms with Gasteiger partial charge in [0.2, 0.25) is 0 Å². The maximum atomic E-state index is 12.8. The highest BCUT2D eigenvalue weighted by atomic mass is 35.5. The van der Waals surface area contributed by atoms with E-state index in [0.29, 0.717) is 0 Å². The molecule has 15 heavy (non-hydrogen) atoms. The number of nitrogens with two attached hydrogens (primary N) is 1. The summed E-state index contributed by atoms with van der Waals surface area (Å²) in [5.41, 5.74) is 5.71. The summed E-state index contributed by atoms with van der Waals surface area (Å²) < 4.78 is 17.2. The van der Waals surface area contributed by atoms with Crippen molar-refractivity contribution < 1.29 is 13.9 Å². The van der Waals surface area contributed by atoms with E-state index in [9.17, 15) is 9.18 Å². The van der Waals surface area contributed by atoms with Crippen molar-refractivity contribution in [3.8, 4) is 0 Å². The molecule has 0 aromatic heterocycles. The zero-order valence-electron chi connectivity index (χ0n) is 7.87. The number of carbonyl (C=O) groups excluding carboxylic acids is 1. The molecule has 0 aliphatic rings. The monoisotopic (exact) mass is 253 g/mol. The standard InChI is InChI=1S/C9H9ClFNO2.ClH/c1-14-9(13)8(12)6-4-5(11)2-3-7(6)10;/h2-4,8H,12H2,1H3;1H/t8-;/m0./s1. The average Bonchev–Trinajstić information content (AvgIpc) is 2.19. The second-order valence-corrected chi connectivity index (χ2v) is 3.07. The summed E-state index contributed by atoms with van der Waals surface area (Å²) in [5.74, 6) is -1.15. The van der Waals surface area contributed by atoms with Crippen LogP contribution in [0.2, 0.25) is 5.02 Å². The van der Waals surface area contributed by atoms with Crippen LogP contribution in [0.15, 0.2) is 18.2 Å². The van der Waals surface area contributed by atoms with E-state index in [2.05, 4.69) is 4.74 Å². The molecule has 0 amide bonds. The molecule has 0 saturated carbocycles. The molecule has 3 nitrogen and oxygen atoms in total. The topological polar surface area (TPSA) is 52.3 Å². The lowest BCUT2D eigenvalue weighted by Gasteiger charge is -2.10. The first kappa shape index (κ1) is 14.2. The van der Waals surface area contributed by atoms with Crippen LogP contribution in [-0.4, -0.2) is 13.1 Å². The van der Waals surface area contributed by atoms with Crippen molar-refractivity contribution >= 4 is 30.0 Å². The van der Waals surface area contributed by atoms with Crippen LogP contribution in [0.5, 0.6) is 0 Å². The fourth-order valence-electron chi connectivity index (χ4n) is 1.01. The van der Waals surface area contributed by atoms with E-state index in [4.69, 9.17) is 17.3 Å². The van der Waals surface area contributed by atoms with Crippen LogP contribution >= 0.6 is 24.0 Å². The van der Waals surface area contributed by atoms with Gasteiger partial charge in [0.15, 0.2) is 0 Å². The molecule has 0 aliphatic carbocycles. The van der Waals surface area contributed by atoms with Gasteiger partial charge in [0.25, 0.3) is 0 Å². The first-order chi connectivity index (χ1) is 6.56. The second-order valence-electron chi connectivity index (χ2n) is 2.67. The highest BCUT2D eigenvalue weighted by Crippen LogP contribution is 2.23. The minimum Gasteiger partial charge on any atom is -0.468 e. The first-order valence-corrected chi connectivity index (χ1v) is 4.22. The molecule has 6 heteroatoms. The van der Waals surface area contributed by atoms with Crippen LogP contribution < -0.4 is 5.73 Å². The summed E-state index contributed by atoms with van der Waals surface area (Å²) in [6.45, 7) is 0. The highest BCUT2D eigenvalue weighted by Gasteiger charge is 2.19. The van der Waals surface area contributed by atoms with Crippen LogP contribution in [0.3, 0.4) is 0 Å². The number of benzene rings is 1. The summed E-state index contributed by atoms with van der Waals surface area (Å²) in [5, 5.41) is 0.240. The quantitative estimate of drug-likeness (QED) is 0.822. The molecule has 1 aromatic rings. The number of esters is 1. The molecule has 0 spiro atoms. The fraction of sp³-hybridized carbons (Fsp3) is 0.222. The van der Waals surface area contributed by atoms with Crippen molar-refractivity contribution in [1.29, 1.82) is 0 Å². The molecule has 0 heterocycles. The molecule has 84 valence electrons. The van der Waals surface area contributed by atoms with Crippen LogP contribution in [0.4, 0.5) is 4.39 Å². The molecular weight excluding hydrogens is 244 g/mol. The van der Waals surface area contributed by atoms with E-state index < -0.39 is 17.8 Å². The molecule has 0 fully saturated rings. The van der Waals surface area contributed by atoms with Gasteiger partial charge < -0.3 is 10.5 Å². The normalized spacial score (nSPS) is 11.5. The summed E-state index contributed by atoms with van der Waals surface area (Å²) in [4.78, 5) is 11.0. The van der Waals surface area contributed by atoms with E-state index in [0.717, 1.165) is 6.07 Å². The molecule has 1 aromatic carbocycles. The highest BCUT2D eigenvalue weighted by molar-refractivity contribution is 6.31. The molecule has 0 saturated heterocycles. The Morgan fingerprint density at radius 2 is 2.20 bits per heavy atom. The third-order valence-corrected chi connectivity index (χ3v) is 2.09. The molecule has 0 bridgehead atoms. The van der Waals surface area contributed by atoms with E-state index in [1.807, 2.05) is 0 Å². The lowest BCUT2D eigenvalue weighted by atomic mass is 10.1. The largest absolute Gasteiger partial charge is 0.468 e. The molecule has 2 N–H and O–H groups in total. The van der Waals surface area contributed by atoms with E-state index in [1.165, 1.54) is 19.2 Å². The Hall–Kier alpha value is -0.840. The summed E-state index contributed by atoms with van der Waals surface area (Å²) in [6, 6.07) is 2.60. The summed E-state index contributed by atoms with van der Waals surface area (Å²) in [7, 11) is 1.20. The number of rotatable bonds is 2. The Morgan fingerprint density at radius 1 is 1.60 bits per heavy atom. The van der Waals surface area contributed by atoms with Gasteiger partial charge in [0, 0.05) is 10.6 Å². The third-order valence-electron chi connectivity index (χ3n) is 1.75. The maximum absolute atomic E-state index is 12.8. The number of hydrogen-bond donors (Lipinski definition) is 1. The fourth-order valence-corrected chi connectivity index (χ4v) is 1.24. The number of carbonyl (C=O) groups is 1. The molecular formula is C9H10Cl2FNO2. The van der Waals surface area contributed by atoms with E-state index in [-0.39, 0.29) is 23.0 Å². The molecule has 1 rings (SSSR count). The van der Waals surface area contributed by atoms with Gasteiger partial charge in [-0.05, 0) is 18.2 Å². The number of hydrogen-bond acceptors (Lipinski definition) is 3. The molecule has 0 radical (unpaired) electrons. The van der Waals surface area contributed by atoms with E-state index >= 15 is 0 Å². The van der Waals surface area contributed by atoms with Gasteiger partial charge in [-0.15, -0.1) is 12.4 Å². The van der Waals surface area contributed by atoms with Crippen LogP contribution in [-0.2, 0) is 9.53 Å². The minimum atomic E-state index is -1.05. The van der Waals surface area contributed by atoms with Crippen molar-refractivity contribution in [1.82, 2.24) is 0 Å². The lowest BCUT2D eigenvalue weighted by molar-refractivity contribution is -0.142. The van der Waals surface area contributed by atoms with Crippen LogP contribution in [0.25, 0.3) is 0 Å². The van der Waals surface area contributed by atoms with Gasteiger partial charge in [0.05, 0.1) is 7.11 Å². The average molecular weight is 254 g/mol. The Morgan fingerprint density at radius 3 is 2.73 bits per heavy atom. The predicted octanol–water partition coefficient (Wildman–Crippen LogP) is 2.07. The van der Waals surface area contributed by atoms with Gasteiger partial charge >= 0.3 is 5.97 Å². The minimum absolute atomic E-state index is 0. The Labute approximate surface area is 97.8 Å². The van der Waals surface area contributed by atoms with Gasteiger partial charge in [-0.1, -0.05) is 11.6 Å². The molecule has 1 atom stereocenters. The van der Waals surface area contributed by atoms with Gasteiger partial charge in [0.1, 0.15) is 11.9 Å². The number of halogens is 3. The maximum Gasteiger partial charge on any atom is 0.327 e. The predicted molar refractivity (Wildman–Crippen MR) is 57.6 cm³/mol. The van der Waals surface area contributed by atoms with Crippen LogP contribution in [0, 0.1) is 5.82 Å². The first-order valence-electron chi connectivity index (χ1n) is 3.84. The Bertz CT molecular complexity index is 360. The number of methoxy groups -OCH3 is 1. The third kappa shape index (κ3) is 3.34. The Kier molecular flexibility index (Phi) is 5.57. The molecule has 0 unspecified atom stereocenters.